The van der Waals surface area contributed by atoms with E-state index in [0.717, 1.165) is 0 Å². The predicted molar refractivity (Wildman–Crippen MR) is 42.1 cm³/mol. The van der Waals surface area contributed by atoms with Crippen LogP contribution in [0.5, 0.6) is 0 Å². The zero-order valence-corrected chi connectivity index (χ0v) is 7.63. The van der Waals surface area contributed by atoms with Crippen molar-refractivity contribution in [3.63, 3.8) is 0 Å². The maximum absolute atomic E-state index is 2.13. The third-order valence-electron chi connectivity index (χ3n) is 1.32. The van der Waals surface area contributed by atoms with E-state index in [0.29, 0.717) is 0 Å². The maximum atomic E-state index is 2.13. The van der Waals surface area contributed by atoms with Crippen molar-refractivity contribution in [2.75, 3.05) is 0 Å². The van der Waals surface area contributed by atoms with Crippen molar-refractivity contribution in [1.82, 2.24) is 0 Å². The minimum atomic E-state index is 1.34. The van der Waals surface area contributed by atoms with Crippen LogP contribution in [0.1, 0.15) is 11.1 Å². The molecule has 0 spiro atoms. The van der Waals surface area contributed by atoms with Crippen LogP contribution < -0.4 is 0 Å². The fourth-order valence-electron chi connectivity index (χ4n) is 0.719. The molecule has 0 heterocycles. The van der Waals surface area contributed by atoms with Gasteiger partial charge in [0.2, 0.25) is 0 Å². The Hall–Kier alpha value is -0.120. The van der Waals surface area contributed by atoms with Crippen molar-refractivity contribution in [1.29, 1.82) is 0 Å². The molecule has 0 bridgehead atoms. The first kappa shape index (κ1) is 6.99. The Labute approximate surface area is 68.3 Å². The van der Waals surface area contributed by atoms with E-state index in [-0.39, 0.29) is 0 Å². The van der Waals surface area contributed by atoms with Gasteiger partial charge in [-0.25, -0.2) is 0 Å². The molecule has 0 aromatic heterocycles. The molecule has 0 unspecified atom stereocenters. The van der Waals surface area contributed by atoms with Gasteiger partial charge >= 0.3 is 68.2 Å². The molecule has 0 aliphatic rings. The predicted octanol–water partition coefficient (Wildman–Crippen LogP) is 1.31. The van der Waals surface area contributed by atoms with Crippen molar-refractivity contribution in [3.05, 3.63) is 35.4 Å². The topological polar surface area (TPSA) is 0 Å². The second-order valence-electron chi connectivity index (χ2n) is 1.97. The number of benzene rings is 1. The minimum absolute atomic E-state index is 1.34. The Bertz CT molecular complexity index is 216. The van der Waals surface area contributed by atoms with Crippen molar-refractivity contribution < 1.29 is 0 Å². The molecule has 0 amide bonds. The fraction of sp³-hybridized carbons (Fsp3) is 0.125. The molecule has 46 valence electrons. The molecule has 0 N–H and O–H groups in total. The number of hydrogen-bond acceptors (Lipinski definition) is 0. The van der Waals surface area contributed by atoms with Crippen LogP contribution in [0.4, 0.5) is 0 Å². The Balaban J connectivity index is 3.15. The van der Waals surface area contributed by atoms with E-state index < -0.39 is 0 Å². The molecular weight excluding hydrogens is 224 g/mol. The molecule has 1 heteroatoms. The van der Waals surface area contributed by atoms with Gasteiger partial charge in [-0.2, -0.15) is 0 Å². The van der Waals surface area contributed by atoms with Crippen LogP contribution in [0.2, 0.25) is 0 Å². The van der Waals surface area contributed by atoms with Crippen molar-refractivity contribution >= 4 is 25.9 Å². The normalized spacial score (nSPS) is 9.00. The van der Waals surface area contributed by atoms with Crippen LogP contribution in [0.15, 0.2) is 24.3 Å². The van der Waals surface area contributed by atoms with E-state index in [4.69, 9.17) is 0 Å². The van der Waals surface area contributed by atoms with Gasteiger partial charge in [0.1, 0.15) is 0 Å². The van der Waals surface area contributed by atoms with E-state index in [1.807, 2.05) is 21.8 Å². The summed E-state index contributed by atoms with van der Waals surface area (Å²) in [7, 11) is 0. The molecule has 0 saturated heterocycles. The van der Waals surface area contributed by atoms with Crippen LogP contribution in [0.3, 0.4) is 0 Å². The van der Waals surface area contributed by atoms with E-state index in [9.17, 15) is 0 Å². The fourth-order valence-corrected chi connectivity index (χ4v) is 1.47. The van der Waals surface area contributed by atoms with E-state index in [1.54, 1.807) is 0 Å². The monoisotopic (exact) mass is 234 g/mol. The molecule has 0 saturated carbocycles. The molecule has 1 aromatic carbocycles. The summed E-state index contributed by atoms with van der Waals surface area (Å²) in [6, 6.07) is 8.36. The van der Waals surface area contributed by atoms with Gasteiger partial charge in [0.15, 0.2) is 0 Å². The molecular formula is C8H8Te. The third kappa shape index (κ3) is 1.64. The van der Waals surface area contributed by atoms with Gasteiger partial charge in [-0.05, 0) is 0 Å². The summed E-state index contributed by atoms with van der Waals surface area (Å²) in [6.45, 7) is 2.12. The molecule has 1 aromatic rings. The Kier molecular flexibility index (Phi) is 2.45. The summed E-state index contributed by atoms with van der Waals surface area (Å²) in [5, 5.41) is 0. The first-order valence-electron chi connectivity index (χ1n) is 2.85. The summed E-state index contributed by atoms with van der Waals surface area (Å²) >= 11 is 1.99. The summed E-state index contributed by atoms with van der Waals surface area (Å²) in [5.41, 5.74) is 2.69. The standard InChI is InChI=1S/C8H8Te/c1-7-4-2-3-5-8(7)6-9/h2-6H,1H3. The molecule has 0 atom stereocenters. The SMILES string of the molecule is Cc1ccccc1C=[Te]. The van der Waals surface area contributed by atoms with Crippen LogP contribution >= 0.6 is 0 Å². The van der Waals surface area contributed by atoms with Crippen molar-refractivity contribution in [3.8, 4) is 0 Å². The van der Waals surface area contributed by atoms with Crippen LogP contribution in [0, 0.1) is 6.92 Å². The van der Waals surface area contributed by atoms with Crippen molar-refractivity contribution in [2.24, 2.45) is 0 Å². The Morgan fingerprint density at radius 1 is 1.33 bits per heavy atom. The Morgan fingerprint density at radius 3 is 2.44 bits per heavy atom. The van der Waals surface area contributed by atoms with Gasteiger partial charge in [0, 0.05) is 0 Å². The summed E-state index contributed by atoms with van der Waals surface area (Å²) in [6.07, 6.45) is 0. The first-order valence-corrected chi connectivity index (χ1v) is 4.20. The van der Waals surface area contributed by atoms with Gasteiger partial charge < -0.3 is 0 Å². The average molecular weight is 232 g/mol. The molecule has 0 aliphatic carbocycles. The summed E-state index contributed by atoms with van der Waals surface area (Å²) < 4.78 is 2.13. The van der Waals surface area contributed by atoms with Crippen LogP contribution in [-0.2, 0) is 0 Å². The van der Waals surface area contributed by atoms with E-state index in [2.05, 4.69) is 35.2 Å². The molecule has 9 heavy (non-hydrogen) atoms. The van der Waals surface area contributed by atoms with Gasteiger partial charge in [-0.1, -0.05) is 0 Å². The van der Waals surface area contributed by atoms with Crippen LogP contribution in [0.25, 0.3) is 0 Å². The Morgan fingerprint density at radius 2 is 2.00 bits per heavy atom. The zero-order valence-electron chi connectivity index (χ0n) is 5.29. The number of aryl methyl sites for hydroxylation is 1. The molecule has 0 radical (unpaired) electrons. The van der Waals surface area contributed by atoms with Crippen LogP contribution in [-0.4, -0.2) is 25.9 Å². The van der Waals surface area contributed by atoms with Crippen molar-refractivity contribution in [2.45, 2.75) is 6.92 Å². The zero-order chi connectivity index (χ0) is 6.69. The average Bonchev–Trinajstić information content (AvgIpc) is 1.89. The third-order valence-corrected chi connectivity index (χ3v) is 2.04. The first-order chi connectivity index (χ1) is 4.34. The van der Waals surface area contributed by atoms with Gasteiger partial charge in [-0.15, -0.1) is 0 Å². The van der Waals surface area contributed by atoms with Gasteiger partial charge in [0.05, 0.1) is 0 Å². The quantitative estimate of drug-likeness (QED) is 0.640. The molecule has 0 nitrogen and oxygen atoms in total. The molecule has 0 fully saturated rings. The van der Waals surface area contributed by atoms with Gasteiger partial charge in [0.25, 0.3) is 0 Å². The second kappa shape index (κ2) is 3.15. The van der Waals surface area contributed by atoms with Gasteiger partial charge in [-0.3, -0.25) is 0 Å². The van der Waals surface area contributed by atoms with E-state index >= 15 is 0 Å². The number of rotatable bonds is 1. The summed E-state index contributed by atoms with van der Waals surface area (Å²) in [5.74, 6) is 0. The summed E-state index contributed by atoms with van der Waals surface area (Å²) in [4.78, 5) is 0. The molecule has 0 aliphatic heterocycles. The van der Waals surface area contributed by atoms with E-state index in [1.165, 1.54) is 11.1 Å². The molecule has 1 rings (SSSR count). The number of hydrogen-bond donors (Lipinski definition) is 0. The second-order valence-corrected chi connectivity index (χ2v) is 2.65.